The molecule has 0 atom stereocenters. The highest BCUT2D eigenvalue weighted by atomic mass is 35.5. The smallest absolute Gasteiger partial charge is 0.337 e. The highest BCUT2D eigenvalue weighted by Crippen LogP contribution is 2.25. The molecule has 8 heteroatoms. The van der Waals surface area contributed by atoms with E-state index in [-0.39, 0.29) is 15.9 Å². The summed E-state index contributed by atoms with van der Waals surface area (Å²) in [6.45, 7) is 2.64. The lowest BCUT2D eigenvalue weighted by Crippen LogP contribution is -2.48. The third kappa shape index (κ3) is 4.50. The number of ether oxygens (including phenoxy) is 1. The van der Waals surface area contributed by atoms with Crippen molar-refractivity contribution in [2.75, 3.05) is 33.3 Å². The van der Waals surface area contributed by atoms with Crippen LogP contribution in [0.1, 0.15) is 15.9 Å². The van der Waals surface area contributed by atoms with Gasteiger partial charge < -0.3 is 4.74 Å². The summed E-state index contributed by atoms with van der Waals surface area (Å²) in [4.78, 5) is 14.0. The van der Waals surface area contributed by atoms with E-state index in [4.69, 9.17) is 16.3 Å². The van der Waals surface area contributed by atoms with Crippen LogP contribution in [-0.2, 0) is 21.3 Å². The number of carbonyl (C=O) groups excluding carboxylic acids is 1. The Hall–Kier alpha value is -1.93. The van der Waals surface area contributed by atoms with Crippen molar-refractivity contribution in [2.24, 2.45) is 0 Å². The van der Waals surface area contributed by atoms with Gasteiger partial charge in [-0.3, -0.25) is 4.90 Å². The van der Waals surface area contributed by atoms with Gasteiger partial charge in [-0.05, 0) is 29.8 Å². The van der Waals surface area contributed by atoms with Crippen molar-refractivity contribution < 1.29 is 17.9 Å². The standard InChI is InChI=1S/C19H21ClN2O4S/c1-26-19(23)16-6-4-5-15(13-16)14-21-9-11-22(12-10-21)27(24,25)18-8-3-2-7-17(18)20/h2-8,13H,9-12,14H2,1H3. The van der Waals surface area contributed by atoms with Crippen LogP contribution in [-0.4, -0.2) is 56.9 Å². The molecule has 1 heterocycles. The van der Waals surface area contributed by atoms with Crippen molar-refractivity contribution in [1.29, 1.82) is 0 Å². The molecule has 1 aliphatic rings. The molecule has 3 rings (SSSR count). The molecule has 1 fully saturated rings. The van der Waals surface area contributed by atoms with Gasteiger partial charge in [0.2, 0.25) is 10.0 Å². The van der Waals surface area contributed by atoms with Gasteiger partial charge in [0.05, 0.1) is 17.7 Å². The van der Waals surface area contributed by atoms with Crippen LogP contribution in [0.4, 0.5) is 0 Å². The largest absolute Gasteiger partial charge is 0.465 e. The second-order valence-electron chi connectivity index (χ2n) is 6.30. The van der Waals surface area contributed by atoms with Gasteiger partial charge in [0.15, 0.2) is 0 Å². The summed E-state index contributed by atoms with van der Waals surface area (Å²) in [5, 5.41) is 0.236. The average molecular weight is 409 g/mol. The summed E-state index contributed by atoms with van der Waals surface area (Å²) in [5.74, 6) is -0.368. The molecule has 0 radical (unpaired) electrons. The number of carbonyl (C=O) groups is 1. The first-order valence-electron chi connectivity index (χ1n) is 8.56. The molecular formula is C19H21ClN2O4S. The summed E-state index contributed by atoms with van der Waals surface area (Å²) < 4.78 is 31.8. The maximum absolute atomic E-state index is 12.8. The molecular weight excluding hydrogens is 388 g/mol. The summed E-state index contributed by atoms with van der Waals surface area (Å²) in [7, 11) is -2.24. The maximum atomic E-state index is 12.8. The number of hydrogen-bond donors (Lipinski definition) is 0. The zero-order valence-corrected chi connectivity index (χ0v) is 16.5. The summed E-state index contributed by atoms with van der Waals surface area (Å²) >= 11 is 6.06. The van der Waals surface area contributed by atoms with Crippen LogP contribution in [0.15, 0.2) is 53.4 Å². The number of piperazine rings is 1. The summed E-state index contributed by atoms with van der Waals surface area (Å²) in [6.07, 6.45) is 0. The lowest BCUT2D eigenvalue weighted by molar-refractivity contribution is 0.0600. The van der Waals surface area contributed by atoms with Crippen LogP contribution in [0.3, 0.4) is 0 Å². The number of methoxy groups -OCH3 is 1. The van der Waals surface area contributed by atoms with Crippen molar-refractivity contribution in [1.82, 2.24) is 9.21 Å². The fraction of sp³-hybridized carbons (Fsp3) is 0.316. The van der Waals surface area contributed by atoms with E-state index in [1.165, 1.54) is 17.5 Å². The molecule has 0 saturated carbocycles. The molecule has 1 saturated heterocycles. The number of sulfonamides is 1. The number of rotatable bonds is 5. The quantitative estimate of drug-likeness (QED) is 0.711. The zero-order chi connectivity index (χ0) is 19.4. The minimum Gasteiger partial charge on any atom is -0.465 e. The maximum Gasteiger partial charge on any atom is 0.337 e. The minimum atomic E-state index is -3.60. The van der Waals surface area contributed by atoms with E-state index in [0.717, 1.165) is 5.56 Å². The average Bonchev–Trinajstić information content (AvgIpc) is 2.68. The summed E-state index contributed by atoms with van der Waals surface area (Å²) in [5.41, 5.74) is 1.50. The molecule has 0 aromatic heterocycles. The van der Waals surface area contributed by atoms with Crippen molar-refractivity contribution in [3.63, 3.8) is 0 Å². The number of halogens is 1. The Morgan fingerprint density at radius 3 is 2.44 bits per heavy atom. The van der Waals surface area contributed by atoms with Crippen LogP contribution >= 0.6 is 11.6 Å². The molecule has 0 aliphatic carbocycles. The second kappa shape index (κ2) is 8.39. The molecule has 2 aromatic carbocycles. The first-order valence-corrected chi connectivity index (χ1v) is 10.4. The van der Waals surface area contributed by atoms with Gasteiger partial charge in [-0.2, -0.15) is 4.31 Å². The Bertz CT molecular complexity index is 925. The predicted octanol–water partition coefficient (Wildman–Crippen LogP) is 2.63. The molecule has 0 unspecified atom stereocenters. The molecule has 0 amide bonds. The predicted molar refractivity (Wildman–Crippen MR) is 103 cm³/mol. The normalized spacial score (nSPS) is 16.2. The highest BCUT2D eigenvalue weighted by molar-refractivity contribution is 7.89. The van der Waals surface area contributed by atoms with E-state index in [0.29, 0.717) is 38.3 Å². The Kier molecular flexibility index (Phi) is 6.16. The number of benzene rings is 2. The number of esters is 1. The van der Waals surface area contributed by atoms with Crippen LogP contribution < -0.4 is 0 Å². The molecule has 144 valence electrons. The molecule has 2 aromatic rings. The van der Waals surface area contributed by atoms with Gasteiger partial charge in [-0.1, -0.05) is 35.9 Å². The fourth-order valence-corrected chi connectivity index (χ4v) is 5.01. The lowest BCUT2D eigenvalue weighted by atomic mass is 10.1. The van der Waals surface area contributed by atoms with Gasteiger partial charge in [0.1, 0.15) is 4.90 Å². The Labute approximate surface area is 164 Å². The van der Waals surface area contributed by atoms with Crippen LogP contribution in [0.5, 0.6) is 0 Å². The Balaban J connectivity index is 1.64. The first-order chi connectivity index (χ1) is 12.9. The molecule has 6 nitrogen and oxygen atoms in total. The van der Waals surface area contributed by atoms with Crippen molar-refractivity contribution in [3.8, 4) is 0 Å². The van der Waals surface area contributed by atoms with Crippen LogP contribution in [0.2, 0.25) is 5.02 Å². The van der Waals surface area contributed by atoms with Gasteiger partial charge in [0, 0.05) is 32.7 Å². The van der Waals surface area contributed by atoms with E-state index in [1.807, 2.05) is 12.1 Å². The molecule has 0 N–H and O–H groups in total. The second-order valence-corrected chi connectivity index (χ2v) is 8.62. The molecule has 0 spiro atoms. The molecule has 0 bridgehead atoms. The van der Waals surface area contributed by atoms with Crippen molar-refractivity contribution in [3.05, 3.63) is 64.7 Å². The zero-order valence-electron chi connectivity index (χ0n) is 15.0. The van der Waals surface area contributed by atoms with Crippen LogP contribution in [0.25, 0.3) is 0 Å². The SMILES string of the molecule is COC(=O)c1cccc(CN2CCN(S(=O)(=O)c3ccccc3Cl)CC2)c1. The fourth-order valence-electron chi connectivity index (χ4n) is 3.09. The first kappa shape index (κ1) is 19.8. The van der Waals surface area contributed by atoms with Crippen LogP contribution in [0, 0.1) is 0 Å². The molecule has 27 heavy (non-hydrogen) atoms. The van der Waals surface area contributed by atoms with E-state index >= 15 is 0 Å². The topological polar surface area (TPSA) is 66.9 Å². The highest BCUT2D eigenvalue weighted by Gasteiger charge is 2.29. The van der Waals surface area contributed by atoms with E-state index in [2.05, 4.69) is 4.90 Å². The van der Waals surface area contributed by atoms with Crippen molar-refractivity contribution >= 4 is 27.6 Å². The Morgan fingerprint density at radius 1 is 1.07 bits per heavy atom. The lowest BCUT2D eigenvalue weighted by Gasteiger charge is -2.34. The Morgan fingerprint density at radius 2 is 1.78 bits per heavy atom. The van der Waals surface area contributed by atoms with E-state index < -0.39 is 10.0 Å². The number of hydrogen-bond acceptors (Lipinski definition) is 5. The van der Waals surface area contributed by atoms with Gasteiger partial charge in [-0.15, -0.1) is 0 Å². The third-order valence-corrected chi connectivity index (χ3v) is 6.94. The van der Waals surface area contributed by atoms with E-state index in [9.17, 15) is 13.2 Å². The minimum absolute atomic E-state index is 0.144. The van der Waals surface area contributed by atoms with E-state index in [1.54, 1.807) is 30.3 Å². The third-order valence-electron chi connectivity index (χ3n) is 4.54. The summed E-state index contributed by atoms with van der Waals surface area (Å²) in [6, 6.07) is 13.8. The van der Waals surface area contributed by atoms with Gasteiger partial charge in [0.25, 0.3) is 0 Å². The monoisotopic (exact) mass is 408 g/mol. The number of nitrogens with zero attached hydrogens (tertiary/aromatic N) is 2. The van der Waals surface area contributed by atoms with Gasteiger partial charge >= 0.3 is 5.97 Å². The molecule has 1 aliphatic heterocycles. The van der Waals surface area contributed by atoms with Gasteiger partial charge in [-0.25, -0.2) is 13.2 Å². The van der Waals surface area contributed by atoms with Crippen molar-refractivity contribution in [2.45, 2.75) is 11.4 Å².